The van der Waals surface area contributed by atoms with Crippen LogP contribution in [0, 0.1) is 13.8 Å². The third-order valence-electron chi connectivity index (χ3n) is 3.48. The van der Waals surface area contributed by atoms with E-state index in [1.54, 1.807) is 50.2 Å². The maximum atomic E-state index is 12.6. The molecule has 114 valence electrons. The van der Waals surface area contributed by atoms with E-state index < -0.39 is 11.5 Å². The summed E-state index contributed by atoms with van der Waals surface area (Å²) in [5.41, 5.74) is 1.25. The van der Waals surface area contributed by atoms with E-state index in [1.165, 1.54) is 11.7 Å². The molecule has 5 heteroatoms. The van der Waals surface area contributed by atoms with Gasteiger partial charge in [0.05, 0.1) is 12.7 Å². The van der Waals surface area contributed by atoms with E-state index in [2.05, 4.69) is 4.74 Å². The molecule has 0 saturated heterocycles. The van der Waals surface area contributed by atoms with Crippen molar-refractivity contribution in [2.24, 2.45) is 0 Å². The molecular formula is C17H17NO4. The predicted molar refractivity (Wildman–Crippen MR) is 82.1 cm³/mol. The van der Waals surface area contributed by atoms with Crippen molar-refractivity contribution in [1.29, 1.82) is 0 Å². The largest absolute Gasteiger partial charge is 0.468 e. The Morgan fingerprint density at radius 3 is 2.36 bits per heavy atom. The molecule has 1 heterocycles. The second kappa shape index (κ2) is 6.39. The van der Waals surface area contributed by atoms with Gasteiger partial charge < -0.3 is 9.30 Å². The van der Waals surface area contributed by atoms with Gasteiger partial charge in [-0.05, 0) is 25.5 Å². The third kappa shape index (κ3) is 2.98. The van der Waals surface area contributed by atoms with E-state index in [0.717, 1.165) is 0 Å². The Labute approximate surface area is 128 Å². The number of rotatable bonds is 4. The summed E-state index contributed by atoms with van der Waals surface area (Å²) in [6.07, 6.45) is 0. The fourth-order valence-corrected chi connectivity index (χ4v) is 2.33. The Hall–Kier alpha value is -2.69. The number of esters is 1. The lowest BCUT2D eigenvalue weighted by molar-refractivity contribution is -0.141. The number of carbonyl (C=O) groups excluding carboxylic acids is 2. The molecule has 22 heavy (non-hydrogen) atoms. The SMILES string of the molecule is COC(=O)Cn1c(C)cc(C)c(C(=O)c2ccccc2)c1=O. The molecule has 0 saturated carbocycles. The molecule has 0 aliphatic carbocycles. The number of ether oxygens (including phenoxy) is 1. The molecule has 1 aromatic heterocycles. The van der Waals surface area contributed by atoms with Crippen LogP contribution < -0.4 is 5.56 Å². The van der Waals surface area contributed by atoms with Gasteiger partial charge in [0, 0.05) is 11.3 Å². The Bertz CT molecular complexity index is 775. The fourth-order valence-electron chi connectivity index (χ4n) is 2.33. The molecular weight excluding hydrogens is 282 g/mol. The van der Waals surface area contributed by atoms with Gasteiger partial charge in [-0.2, -0.15) is 0 Å². The molecule has 0 spiro atoms. The van der Waals surface area contributed by atoms with Gasteiger partial charge in [0.25, 0.3) is 5.56 Å². The monoisotopic (exact) mass is 299 g/mol. The van der Waals surface area contributed by atoms with Crippen LogP contribution in [0.3, 0.4) is 0 Å². The lowest BCUT2D eigenvalue weighted by Crippen LogP contribution is -2.32. The summed E-state index contributed by atoms with van der Waals surface area (Å²) in [5, 5.41) is 0. The minimum atomic E-state index is -0.535. The lowest BCUT2D eigenvalue weighted by atomic mass is 10.00. The highest BCUT2D eigenvalue weighted by Gasteiger charge is 2.20. The van der Waals surface area contributed by atoms with Gasteiger partial charge in [0.2, 0.25) is 0 Å². The Morgan fingerprint density at radius 1 is 1.14 bits per heavy atom. The van der Waals surface area contributed by atoms with Gasteiger partial charge in [0.15, 0.2) is 5.78 Å². The Balaban J connectivity index is 2.57. The first-order chi connectivity index (χ1) is 10.5. The van der Waals surface area contributed by atoms with Crippen LogP contribution in [0.1, 0.15) is 27.2 Å². The van der Waals surface area contributed by atoms with Crippen molar-refractivity contribution < 1.29 is 14.3 Å². The smallest absolute Gasteiger partial charge is 0.325 e. The highest BCUT2D eigenvalue weighted by Crippen LogP contribution is 2.12. The minimum Gasteiger partial charge on any atom is -0.468 e. The zero-order valence-corrected chi connectivity index (χ0v) is 12.8. The van der Waals surface area contributed by atoms with Crippen LogP contribution in [0.15, 0.2) is 41.2 Å². The van der Waals surface area contributed by atoms with E-state index >= 15 is 0 Å². The minimum absolute atomic E-state index is 0.0840. The van der Waals surface area contributed by atoms with Crippen LogP contribution in [0.4, 0.5) is 0 Å². The van der Waals surface area contributed by atoms with Gasteiger partial charge >= 0.3 is 5.97 Å². The van der Waals surface area contributed by atoms with E-state index in [-0.39, 0.29) is 17.9 Å². The van der Waals surface area contributed by atoms with Crippen LogP contribution in [0.2, 0.25) is 0 Å². The van der Waals surface area contributed by atoms with Crippen LogP contribution in [0.25, 0.3) is 0 Å². The predicted octanol–water partition coefficient (Wildman–Crippen LogP) is 1.87. The van der Waals surface area contributed by atoms with Crippen molar-refractivity contribution in [1.82, 2.24) is 4.57 Å². The molecule has 5 nitrogen and oxygen atoms in total. The number of aromatic nitrogens is 1. The van der Waals surface area contributed by atoms with Crippen LogP contribution in [-0.4, -0.2) is 23.4 Å². The molecule has 2 aromatic rings. The van der Waals surface area contributed by atoms with Gasteiger partial charge in [-0.1, -0.05) is 30.3 Å². The topological polar surface area (TPSA) is 65.4 Å². The number of benzene rings is 1. The normalized spacial score (nSPS) is 10.3. The Morgan fingerprint density at radius 2 is 1.77 bits per heavy atom. The van der Waals surface area contributed by atoms with Gasteiger partial charge in [0.1, 0.15) is 6.54 Å². The molecule has 0 bridgehead atoms. The maximum absolute atomic E-state index is 12.6. The first-order valence-electron chi connectivity index (χ1n) is 6.83. The van der Waals surface area contributed by atoms with Crippen molar-refractivity contribution in [3.63, 3.8) is 0 Å². The second-order valence-electron chi connectivity index (χ2n) is 5.01. The van der Waals surface area contributed by atoms with Crippen LogP contribution in [-0.2, 0) is 16.1 Å². The number of nitrogens with zero attached hydrogens (tertiary/aromatic N) is 1. The number of pyridine rings is 1. The summed E-state index contributed by atoms with van der Waals surface area (Å²) in [5.74, 6) is -0.881. The first kappa shape index (κ1) is 15.7. The molecule has 0 amide bonds. The molecule has 1 aromatic carbocycles. The molecule has 0 radical (unpaired) electrons. The molecule has 0 aliphatic rings. The van der Waals surface area contributed by atoms with Gasteiger partial charge in [-0.15, -0.1) is 0 Å². The van der Waals surface area contributed by atoms with E-state index in [9.17, 15) is 14.4 Å². The maximum Gasteiger partial charge on any atom is 0.325 e. The summed E-state index contributed by atoms with van der Waals surface area (Å²) in [6.45, 7) is 3.22. The number of ketones is 1. The standard InChI is InChI=1S/C17H17NO4/c1-11-9-12(2)18(10-14(19)22-3)17(21)15(11)16(20)13-7-5-4-6-8-13/h4-9H,10H2,1-3H3. The first-order valence-corrected chi connectivity index (χ1v) is 6.83. The van der Waals surface area contributed by atoms with Crippen molar-refractivity contribution >= 4 is 11.8 Å². The lowest BCUT2D eigenvalue weighted by Gasteiger charge is -2.13. The number of hydrogen-bond acceptors (Lipinski definition) is 4. The quantitative estimate of drug-likeness (QED) is 0.638. The zero-order chi connectivity index (χ0) is 16.3. The third-order valence-corrected chi connectivity index (χ3v) is 3.48. The summed E-state index contributed by atoms with van der Waals surface area (Å²) in [4.78, 5) is 36.6. The van der Waals surface area contributed by atoms with Gasteiger partial charge in [-0.3, -0.25) is 14.4 Å². The van der Waals surface area contributed by atoms with Gasteiger partial charge in [-0.25, -0.2) is 0 Å². The molecule has 0 fully saturated rings. The number of aryl methyl sites for hydroxylation is 2. The highest BCUT2D eigenvalue weighted by molar-refractivity contribution is 6.09. The summed E-state index contributed by atoms with van der Waals surface area (Å²) in [7, 11) is 1.26. The van der Waals surface area contributed by atoms with Crippen LogP contribution >= 0.6 is 0 Å². The second-order valence-corrected chi connectivity index (χ2v) is 5.01. The van der Waals surface area contributed by atoms with Crippen molar-refractivity contribution in [3.8, 4) is 0 Å². The van der Waals surface area contributed by atoms with E-state index in [4.69, 9.17) is 0 Å². The molecule has 0 N–H and O–H groups in total. The van der Waals surface area contributed by atoms with Crippen molar-refractivity contribution in [2.45, 2.75) is 20.4 Å². The average molecular weight is 299 g/mol. The zero-order valence-electron chi connectivity index (χ0n) is 12.8. The van der Waals surface area contributed by atoms with E-state index in [1.807, 2.05) is 0 Å². The summed E-state index contributed by atoms with van der Waals surface area (Å²) >= 11 is 0. The molecule has 0 atom stereocenters. The number of methoxy groups -OCH3 is 1. The highest BCUT2D eigenvalue weighted by atomic mass is 16.5. The fraction of sp³-hybridized carbons (Fsp3) is 0.235. The van der Waals surface area contributed by atoms with Crippen LogP contribution in [0.5, 0.6) is 0 Å². The Kier molecular flexibility index (Phi) is 4.56. The molecule has 2 rings (SSSR count). The number of carbonyl (C=O) groups is 2. The average Bonchev–Trinajstić information content (AvgIpc) is 2.51. The van der Waals surface area contributed by atoms with Crippen molar-refractivity contribution in [3.05, 3.63) is 69.1 Å². The van der Waals surface area contributed by atoms with E-state index in [0.29, 0.717) is 16.8 Å². The van der Waals surface area contributed by atoms with Crippen molar-refractivity contribution in [2.75, 3.05) is 7.11 Å². The molecule has 0 aliphatic heterocycles. The molecule has 0 unspecified atom stereocenters. The summed E-state index contributed by atoms with van der Waals surface area (Å²) in [6, 6.07) is 10.3. The summed E-state index contributed by atoms with van der Waals surface area (Å²) < 4.78 is 5.85. The number of hydrogen-bond donors (Lipinski definition) is 0.